The number of amides is 1. The molecule has 2 rings (SSSR count). The van der Waals surface area contributed by atoms with Gasteiger partial charge in [-0.25, -0.2) is 0 Å². The van der Waals surface area contributed by atoms with E-state index in [1.54, 1.807) is 4.90 Å². The molecule has 1 fully saturated rings. The highest BCUT2D eigenvalue weighted by Gasteiger charge is 2.28. The Hall–Kier alpha value is -1.57. The van der Waals surface area contributed by atoms with Crippen LogP contribution in [0.25, 0.3) is 0 Å². The highest BCUT2D eigenvalue weighted by Crippen LogP contribution is 2.26. The number of carbonyl (C=O) groups is 2. The highest BCUT2D eigenvalue weighted by molar-refractivity contribution is 8.00. The van der Waals surface area contributed by atoms with Crippen LogP contribution in [0.2, 0.25) is 0 Å². The largest absolute Gasteiger partial charge is 0.481 e. The maximum absolute atomic E-state index is 12.1. The van der Waals surface area contributed by atoms with Gasteiger partial charge in [-0.3, -0.25) is 9.59 Å². The van der Waals surface area contributed by atoms with Crippen LogP contribution in [0.4, 0.5) is 0 Å². The molecule has 1 unspecified atom stereocenters. The van der Waals surface area contributed by atoms with Crippen molar-refractivity contribution in [2.75, 3.05) is 24.6 Å². The Labute approximate surface area is 133 Å². The number of nitrogens with zero attached hydrogens (tertiary/aromatic N) is 3. The van der Waals surface area contributed by atoms with Crippen LogP contribution in [0.5, 0.6) is 0 Å². The number of hydrogen-bond acceptors (Lipinski definition) is 6. The molecule has 122 valence electrons. The fourth-order valence-corrected chi connectivity index (χ4v) is 3.01. The van der Waals surface area contributed by atoms with Crippen LogP contribution >= 0.6 is 11.8 Å². The van der Waals surface area contributed by atoms with Crippen LogP contribution < -0.4 is 0 Å². The molecule has 7 nitrogen and oxygen atoms in total. The Morgan fingerprint density at radius 3 is 2.86 bits per heavy atom. The van der Waals surface area contributed by atoms with Crippen LogP contribution in [0.15, 0.2) is 4.52 Å². The van der Waals surface area contributed by atoms with Gasteiger partial charge in [0.15, 0.2) is 5.82 Å². The van der Waals surface area contributed by atoms with Gasteiger partial charge < -0.3 is 14.5 Å². The average Bonchev–Trinajstić information content (AvgIpc) is 2.97. The molecule has 8 heteroatoms. The van der Waals surface area contributed by atoms with Gasteiger partial charge in [-0.05, 0) is 12.8 Å². The second-order valence-electron chi connectivity index (χ2n) is 5.71. The van der Waals surface area contributed by atoms with E-state index in [9.17, 15) is 9.59 Å². The minimum absolute atomic E-state index is 0.0245. The van der Waals surface area contributed by atoms with Gasteiger partial charge in [-0.2, -0.15) is 4.98 Å². The minimum Gasteiger partial charge on any atom is -0.481 e. The quantitative estimate of drug-likeness (QED) is 0.849. The molecular formula is C14H21N3O4S. The number of rotatable bonds is 6. The zero-order valence-electron chi connectivity index (χ0n) is 12.8. The standard InChI is InChI=1S/C14H21N3O4S/c1-9(2)14-15-13(16-21-14)10-4-3-5-17(6-10)11(18)7-22-8-12(19)20/h9-10H,3-8H2,1-2H3,(H,19,20). The molecule has 0 saturated carbocycles. The summed E-state index contributed by atoms with van der Waals surface area (Å²) in [6.07, 6.45) is 1.83. The summed E-state index contributed by atoms with van der Waals surface area (Å²) in [7, 11) is 0. The number of piperidine rings is 1. The highest BCUT2D eigenvalue weighted by atomic mass is 32.2. The van der Waals surface area contributed by atoms with E-state index < -0.39 is 5.97 Å². The van der Waals surface area contributed by atoms with E-state index in [4.69, 9.17) is 9.63 Å². The van der Waals surface area contributed by atoms with Crippen LogP contribution in [-0.2, 0) is 9.59 Å². The molecule has 1 N–H and O–H groups in total. The topological polar surface area (TPSA) is 96.5 Å². The predicted molar refractivity (Wildman–Crippen MR) is 81.9 cm³/mol. The number of thioether (sulfide) groups is 1. The summed E-state index contributed by atoms with van der Waals surface area (Å²) in [5, 5.41) is 12.6. The zero-order chi connectivity index (χ0) is 16.1. The Balaban J connectivity index is 1.90. The van der Waals surface area contributed by atoms with Crippen LogP contribution in [0.3, 0.4) is 0 Å². The lowest BCUT2D eigenvalue weighted by Gasteiger charge is -2.31. The van der Waals surface area contributed by atoms with Gasteiger partial charge in [-0.15, -0.1) is 11.8 Å². The first kappa shape index (κ1) is 16.8. The second-order valence-corrected chi connectivity index (χ2v) is 6.70. The number of aromatic nitrogens is 2. The molecule has 0 aromatic carbocycles. The van der Waals surface area contributed by atoms with E-state index in [1.165, 1.54) is 0 Å². The lowest BCUT2D eigenvalue weighted by atomic mass is 9.97. The van der Waals surface area contributed by atoms with Crippen molar-refractivity contribution in [3.8, 4) is 0 Å². The van der Waals surface area contributed by atoms with Gasteiger partial charge in [-0.1, -0.05) is 19.0 Å². The fourth-order valence-electron chi connectivity index (χ4n) is 2.38. The first-order chi connectivity index (χ1) is 10.5. The minimum atomic E-state index is -0.901. The summed E-state index contributed by atoms with van der Waals surface area (Å²) in [5.74, 6) is 0.794. The van der Waals surface area contributed by atoms with E-state index in [0.29, 0.717) is 24.8 Å². The molecule has 1 amide bonds. The van der Waals surface area contributed by atoms with E-state index in [-0.39, 0.29) is 29.2 Å². The maximum atomic E-state index is 12.1. The molecule has 0 aliphatic carbocycles. The van der Waals surface area contributed by atoms with Crippen LogP contribution in [0.1, 0.15) is 50.2 Å². The molecule has 1 atom stereocenters. The van der Waals surface area contributed by atoms with Crippen molar-refractivity contribution in [2.24, 2.45) is 0 Å². The third kappa shape index (κ3) is 4.46. The average molecular weight is 327 g/mol. The van der Waals surface area contributed by atoms with Crippen LogP contribution in [-0.4, -0.2) is 56.6 Å². The van der Waals surface area contributed by atoms with Crippen molar-refractivity contribution in [3.05, 3.63) is 11.7 Å². The van der Waals surface area contributed by atoms with Crippen LogP contribution in [0, 0.1) is 0 Å². The van der Waals surface area contributed by atoms with Crippen molar-refractivity contribution in [1.82, 2.24) is 15.0 Å². The van der Waals surface area contributed by atoms with Gasteiger partial charge in [0.1, 0.15) is 0 Å². The maximum Gasteiger partial charge on any atom is 0.313 e. The van der Waals surface area contributed by atoms with E-state index in [2.05, 4.69) is 10.1 Å². The Morgan fingerprint density at radius 2 is 2.23 bits per heavy atom. The molecule has 1 aromatic heterocycles. The summed E-state index contributed by atoms with van der Waals surface area (Å²) < 4.78 is 5.23. The van der Waals surface area contributed by atoms with Crippen molar-refractivity contribution in [1.29, 1.82) is 0 Å². The molecule has 0 spiro atoms. The molecule has 2 heterocycles. The van der Waals surface area contributed by atoms with E-state index >= 15 is 0 Å². The first-order valence-electron chi connectivity index (χ1n) is 7.38. The zero-order valence-corrected chi connectivity index (χ0v) is 13.6. The third-order valence-corrected chi connectivity index (χ3v) is 4.44. The number of aliphatic carboxylic acids is 1. The Kier molecular flexibility index (Phi) is 5.82. The number of carbonyl (C=O) groups excluding carboxylic acids is 1. The van der Waals surface area contributed by atoms with Crippen molar-refractivity contribution < 1.29 is 19.2 Å². The van der Waals surface area contributed by atoms with Crippen molar-refractivity contribution >= 4 is 23.6 Å². The number of likely N-dealkylation sites (tertiary alicyclic amines) is 1. The lowest BCUT2D eigenvalue weighted by Crippen LogP contribution is -2.40. The third-order valence-electron chi connectivity index (χ3n) is 3.54. The van der Waals surface area contributed by atoms with Gasteiger partial charge in [0.25, 0.3) is 0 Å². The number of carboxylic acids is 1. The molecule has 0 radical (unpaired) electrons. The van der Waals surface area contributed by atoms with E-state index in [1.807, 2.05) is 13.8 Å². The number of hydrogen-bond donors (Lipinski definition) is 1. The van der Waals surface area contributed by atoms with Gasteiger partial charge in [0.05, 0.1) is 11.5 Å². The Bertz CT molecular complexity index is 532. The normalized spacial score (nSPS) is 18.7. The van der Waals surface area contributed by atoms with Gasteiger partial charge >= 0.3 is 5.97 Å². The van der Waals surface area contributed by atoms with Gasteiger partial charge in [0.2, 0.25) is 11.8 Å². The molecule has 1 aromatic rings. The monoisotopic (exact) mass is 327 g/mol. The number of carboxylic acid groups (broad SMARTS) is 1. The van der Waals surface area contributed by atoms with Crippen molar-refractivity contribution in [3.63, 3.8) is 0 Å². The first-order valence-corrected chi connectivity index (χ1v) is 8.53. The second kappa shape index (κ2) is 7.62. The molecule has 22 heavy (non-hydrogen) atoms. The summed E-state index contributed by atoms with van der Waals surface area (Å²) >= 11 is 1.13. The summed E-state index contributed by atoms with van der Waals surface area (Å²) in [4.78, 5) is 28.8. The summed E-state index contributed by atoms with van der Waals surface area (Å²) in [6.45, 7) is 5.27. The molecule has 1 saturated heterocycles. The SMILES string of the molecule is CC(C)c1nc(C2CCCN(C(=O)CSCC(=O)O)C2)no1. The summed E-state index contributed by atoms with van der Waals surface area (Å²) in [6, 6.07) is 0. The van der Waals surface area contributed by atoms with Gasteiger partial charge in [0, 0.05) is 24.9 Å². The predicted octanol–water partition coefficient (Wildman–Crippen LogP) is 1.72. The van der Waals surface area contributed by atoms with E-state index in [0.717, 1.165) is 24.6 Å². The molecule has 1 aliphatic rings. The van der Waals surface area contributed by atoms with Crippen molar-refractivity contribution in [2.45, 2.75) is 38.5 Å². The lowest BCUT2D eigenvalue weighted by molar-refractivity contribution is -0.133. The smallest absolute Gasteiger partial charge is 0.313 e. The summed E-state index contributed by atoms with van der Waals surface area (Å²) in [5.41, 5.74) is 0. The fraction of sp³-hybridized carbons (Fsp3) is 0.714. The molecular weight excluding hydrogens is 306 g/mol. The molecule has 1 aliphatic heterocycles. The Morgan fingerprint density at radius 1 is 1.45 bits per heavy atom. The molecule has 0 bridgehead atoms.